The Labute approximate surface area is 155 Å². The Balaban J connectivity index is 1.73. The van der Waals surface area contributed by atoms with E-state index in [0.29, 0.717) is 37.6 Å². The van der Waals surface area contributed by atoms with Crippen LogP contribution in [0.15, 0.2) is 54.6 Å². The van der Waals surface area contributed by atoms with Gasteiger partial charge in [-0.15, -0.1) is 0 Å². The number of hydrogen-bond acceptors (Lipinski definition) is 3. The monoisotopic (exact) mass is 368 g/mol. The van der Waals surface area contributed by atoms with Crippen molar-refractivity contribution in [3.05, 3.63) is 71.8 Å². The molecular weight excluding hydrogens is 350 g/mol. The zero-order valence-corrected chi connectivity index (χ0v) is 14.5. The number of nitrogens with one attached hydrogen (secondary N) is 1. The number of anilines is 2. The third-order valence-electron chi connectivity index (χ3n) is 4.65. The molecule has 0 unspecified atom stereocenters. The van der Waals surface area contributed by atoms with Crippen LogP contribution < -0.4 is 5.32 Å². The number of carbonyl (C=O) groups excluding carboxylic acids is 1. The summed E-state index contributed by atoms with van der Waals surface area (Å²) in [6.07, 6.45) is 0. The van der Waals surface area contributed by atoms with Gasteiger partial charge in [0, 0.05) is 35.8 Å². The molecule has 1 saturated heterocycles. The molecule has 0 atom stereocenters. The highest BCUT2D eigenvalue weighted by molar-refractivity contribution is 6.10. The van der Waals surface area contributed by atoms with Gasteiger partial charge in [0.15, 0.2) is 0 Å². The first-order valence-electron chi connectivity index (χ1n) is 8.74. The highest BCUT2D eigenvalue weighted by atomic mass is 19.1. The van der Waals surface area contributed by atoms with E-state index in [-0.39, 0.29) is 11.6 Å². The molecule has 0 aliphatic carbocycles. The van der Waals surface area contributed by atoms with Crippen LogP contribution in [-0.4, -0.2) is 37.1 Å². The van der Waals surface area contributed by atoms with Crippen molar-refractivity contribution in [1.29, 1.82) is 0 Å². The van der Waals surface area contributed by atoms with Crippen molar-refractivity contribution >= 4 is 28.1 Å². The van der Waals surface area contributed by atoms with E-state index >= 15 is 0 Å². The number of halogens is 2. The number of nitrogens with zero attached hydrogens (tertiary/aromatic N) is 1. The maximum Gasteiger partial charge on any atom is 0.254 e. The summed E-state index contributed by atoms with van der Waals surface area (Å²) in [6, 6.07) is 14.3. The molecule has 4 rings (SSSR count). The standard InChI is InChI=1S/C21H18F2N2O2/c22-14-5-7-20(18(23)13-14)24-19-8-6-17(15-3-1-2-4-16(15)19)21(26)25-9-11-27-12-10-25/h1-8,13,24H,9-12H2. The number of carbonyl (C=O) groups is 1. The summed E-state index contributed by atoms with van der Waals surface area (Å²) in [5, 5.41) is 4.57. The normalized spacial score (nSPS) is 14.4. The van der Waals surface area contributed by atoms with E-state index < -0.39 is 11.6 Å². The van der Waals surface area contributed by atoms with Crippen molar-refractivity contribution < 1.29 is 18.3 Å². The van der Waals surface area contributed by atoms with Gasteiger partial charge in [-0.25, -0.2) is 8.78 Å². The molecule has 1 heterocycles. The second-order valence-corrected chi connectivity index (χ2v) is 6.36. The summed E-state index contributed by atoms with van der Waals surface area (Å²) in [5.74, 6) is -1.35. The van der Waals surface area contributed by atoms with Crippen molar-refractivity contribution in [2.75, 3.05) is 31.6 Å². The molecule has 1 aliphatic heterocycles. The lowest BCUT2D eigenvalue weighted by molar-refractivity contribution is 0.0304. The molecule has 0 spiro atoms. The molecule has 0 bridgehead atoms. The molecule has 4 nitrogen and oxygen atoms in total. The summed E-state index contributed by atoms with van der Waals surface area (Å²) in [4.78, 5) is 14.7. The van der Waals surface area contributed by atoms with Crippen molar-refractivity contribution in [2.24, 2.45) is 0 Å². The number of amides is 1. The number of morpholine rings is 1. The quantitative estimate of drug-likeness (QED) is 0.748. The van der Waals surface area contributed by atoms with Gasteiger partial charge in [-0.3, -0.25) is 4.79 Å². The third kappa shape index (κ3) is 3.48. The van der Waals surface area contributed by atoms with Crippen LogP contribution in [-0.2, 0) is 4.74 Å². The van der Waals surface area contributed by atoms with E-state index in [9.17, 15) is 13.6 Å². The van der Waals surface area contributed by atoms with Crippen LogP contribution >= 0.6 is 0 Å². The highest BCUT2D eigenvalue weighted by Crippen LogP contribution is 2.31. The van der Waals surface area contributed by atoms with Gasteiger partial charge in [0.1, 0.15) is 11.6 Å². The van der Waals surface area contributed by atoms with Crippen LogP contribution in [0.4, 0.5) is 20.2 Å². The SMILES string of the molecule is O=C(c1ccc(Nc2ccc(F)cc2F)c2ccccc12)N1CCOCC1. The summed E-state index contributed by atoms with van der Waals surface area (Å²) >= 11 is 0. The molecule has 3 aromatic rings. The van der Waals surface area contributed by atoms with Gasteiger partial charge in [-0.05, 0) is 29.7 Å². The molecule has 138 valence electrons. The first-order chi connectivity index (χ1) is 13.1. The van der Waals surface area contributed by atoms with Crippen molar-refractivity contribution in [3.8, 4) is 0 Å². The Kier molecular flexibility index (Phi) is 4.73. The Bertz CT molecular complexity index is 1000. The summed E-state index contributed by atoms with van der Waals surface area (Å²) in [6.45, 7) is 2.20. The predicted octanol–water partition coefficient (Wildman–Crippen LogP) is 4.33. The fraction of sp³-hybridized carbons (Fsp3) is 0.190. The van der Waals surface area contributed by atoms with Gasteiger partial charge in [0.2, 0.25) is 0 Å². The molecule has 0 radical (unpaired) electrons. The Morgan fingerprint density at radius 1 is 0.926 bits per heavy atom. The minimum absolute atomic E-state index is 0.0472. The summed E-state index contributed by atoms with van der Waals surface area (Å²) in [5.41, 5.74) is 1.42. The second kappa shape index (κ2) is 7.32. The van der Waals surface area contributed by atoms with Gasteiger partial charge >= 0.3 is 0 Å². The summed E-state index contributed by atoms with van der Waals surface area (Å²) < 4.78 is 32.5. The van der Waals surface area contributed by atoms with Crippen LogP contribution in [0.3, 0.4) is 0 Å². The van der Waals surface area contributed by atoms with E-state index in [1.807, 2.05) is 24.3 Å². The Hall–Kier alpha value is -2.99. The highest BCUT2D eigenvalue weighted by Gasteiger charge is 2.21. The van der Waals surface area contributed by atoms with Crippen molar-refractivity contribution in [1.82, 2.24) is 4.90 Å². The zero-order chi connectivity index (χ0) is 18.8. The van der Waals surface area contributed by atoms with E-state index in [0.717, 1.165) is 16.8 Å². The van der Waals surface area contributed by atoms with Gasteiger partial charge in [0.25, 0.3) is 5.91 Å². The number of ether oxygens (including phenoxy) is 1. The maximum atomic E-state index is 14.0. The zero-order valence-electron chi connectivity index (χ0n) is 14.5. The first kappa shape index (κ1) is 17.4. The first-order valence-corrected chi connectivity index (χ1v) is 8.74. The summed E-state index contributed by atoms with van der Waals surface area (Å²) in [7, 11) is 0. The fourth-order valence-electron chi connectivity index (χ4n) is 3.27. The molecule has 1 N–H and O–H groups in total. The largest absolute Gasteiger partial charge is 0.378 e. The van der Waals surface area contributed by atoms with E-state index in [1.54, 1.807) is 17.0 Å². The fourth-order valence-corrected chi connectivity index (χ4v) is 3.27. The lowest BCUT2D eigenvalue weighted by atomic mass is 10.0. The molecule has 27 heavy (non-hydrogen) atoms. The maximum absolute atomic E-state index is 14.0. The van der Waals surface area contributed by atoms with Gasteiger partial charge in [-0.1, -0.05) is 24.3 Å². The molecule has 0 saturated carbocycles. The van der Waals surface area contributed by atoms with Crippen molar-refractivity contribution in [2.45, 2.75) is 0 Å². The molecule has 0 aromatic heterocycles. The van der Waals surface area contributed by atoms with Crippen LogP contribution in [0.1, 0.15) is 10.4 Å². The average Bonchev–Trinajstić information content (AvgIpc) is 2.70. The van der Waals surface area contributed by atoms with Crippen LogP contribution in [0.5, 0.6) is 0 Å². The van der Waals surface area contributed by atoms with Crippen LogP contribution in [0.2, 0.25) is 0 Å². The third-order valence-corrected chi connectivity index (χ3v) is 4.65. The minimum atomic E-state index is -0.674. The van der Waals surface area contributed by atoms with E-state index in [4.69, 9.17) is 4.74 Å². The number of rotatable bonds is 3. The molecular formula is C21H18F2N2O2. The molecule has 1 fully saturated rings. The minimum Gasteiger partial charge on any atom is -0.378 e. The van der Waals surface area contributed by atoms with Gasteiger partial charge in [0.05, 0.1) is 18.9 Å². The van der Waals surface area contributed by atoms with Crippen molar-refractivity contribution in [3.63, 3.8) is 0 Å². The van der Waals surface area contributed by atoms with Gasteiger partial charge in [-0.2, -0.15) is 0 Å². The Morgan fingerprint density at radius 3 is 2.37 bits per heavy atom. The van der Waals surface area contributed by atoms with Gasteiger partial charge < -0.3 is 15.0 Å². The van der Waals surface area contributed by atoms with Crippen LogP contribution in [0.25, 0.3) is 10.8 Å². The molecule has 6 heteroatoms. The molecule has 1 amide bonds. The lowest BCUT2D eigenvalue weighted by Gasteiger charge is -2.27. The predicted molar refractivity (Wildman–Crippen MR) is 100 cm³/mol. The van der Waals surface area contributed by atoms with E-state index in [1.165, 1.54) is 12.1 Å². The Morgan fingerprint density at radius 2 is 1.63 bits per heavy atom. The molecule has 3 aromatic carbocycles. The molecule has 1 aliphatic rings. The number of benzene rings is 3. The van der Waals surface area contributed by atoms with E-state index in [2.05, 4.69) is 5.32 Å². The topological polar surface area (TPSA) is 41.6 Å². The average molecular weight is 368 g/mol. The smallest absolute Gasteiger partial charge is 0.254 e. The number of hydrogen-bond donors (Lipinski definition) is 1. The number of fused-ring (bicyclic) bond motifs is 1. The second-order valence-electron chi connectivity index (χ2n) is 6.36. The lowest BCUT2D eigenvalue weighted by Crippen LogP contribution is -2.40. The van der Waals surface area contributed by atoms with Crippen LogP contribution in [0, 0.1) is 11.6 Å².